The molecule has 0 fully saturated rings. The molecule has 0 aliphatic carbocycles. The summed E-state index contributed by atoms with van der Waals surface area (Å²) < 4.78 is 42.7. The maximum Gasteiger partial charge on any atom is 0.415 e. The number of halogens is 3. The Balaban J connectivity index is 4.63. The van der Waals surface area contributed by atoms with Crippen LogP contribution in [-0.4, -0.2) is 48.8 Å². The molecule has 0 radical (unpaired) electrons. The number of hydrogen-bond donors (Lipinski definition) is 1. The molecule has 0 saturated carbocycles. The van der Waals surface area contributed by atoms with Gasteiger partial charge in [-0.2, -0.15) is 13.2 Å². The van der Waals surface area contributed by atoms with E-state index in [2.05, 4.69) is 0 Å². The molecule has 0 spiro atoms. The van der Waals surface area contributed by atoms with Crippen LogP contribution < -0.4 is 5.73 Å². The van der Waals surface area contributed by atoms with Gasteiger partial charge in [0.2, 0.25) is 0 Å². The van der Waals surface area contributed by atoms with Crippen molar-refractivity contribution in [3.8, 4) is 0 Å². The van der Waals surface area contributed by atoms with Gasteiger partial charge in [0.05, 0.1) is 6.61 Å². The summed E-state index contributed by atoms with van der Waals surface area (Å²) in [6, 6.07) is 0. The maximum atomic E-state index is 12.6. The van der Waals surface area contributed by atoms with Gasteiger partial charge in [-0.3, -0.25) is 4.79 Å². The minimum atomic E-state index is -4.76. The molecule has 0 aromatic carbocycles. The lowest BCUT2D eigenvalue weighted by Gasteiger charge is -2.32. The minimum Gasteiger partial charge on any atom is -0.380 e. The Kier molecular flexibility index (Phi) is 5.91. The highest BCUT2D eigenvalue weighted by molar-refractivity contribution is 5.86. The van der Waals surface area contributed by atoms with E-state index in [1.54, 1.807) is 13.8 Å². The van der Waals surface area contributed by atoms with E-state index in [0.717, 1.165) is 4.90 Å². The van der Waals surface area contributed by atoms with Crippen LogP contribution in [-0.2, 0) is 9.53 Å². The Morgan fingerprint density at radius 2 is 1.88 bits per heavy atom. The van der Waals surface area contributed by atoms with E-state index in [1.807, 2.05) is 0 Å². The summed E-state index contributed by atoms with van der Waals surface area (Å²) in [7, 11) is 0. The first-order chi connectivity index (χ1) is 7.68. The first-order valence-corrected chi connectivity index (χ1v) is 5.41. The van der Waals surface area contributed by atoms with Crippen LogP contribution in [0.25, 0.3) is 0 Å². The van der Waals surface area contributed by atoms with E-state index in [-0.39, 0.29) is 19.7 Å². The Morgan fingerprint density at radius 3 is 2.24 bits per heavy atom. The third-order valence-corrected chi connectivity index (χ3v) is 2.41. The Morgan fingerprint density at radius 1 is 1.35 bits per heavy atom. The van der Waals surface area contributed by atoms with Gasteiger partial charge < -0.3 is 15.4 Å². The zero-order valence-corrected chi connectivity index (χ0v) is 10.3. The molecule has 0 aromatic rings. The fourth-order valence-electron chi connectivity index (χ4n) is 1.17. The highest BCUT2D eigenvalue weighted by atomic mass is 19.4. The van der Waals surface area contributed by atoms with Gasteiger partial charge in [-0.05, 0) is 20.8 Å². The number of likely N-dealkylation sites (N-methyl/N-ethyl adjacent to an activating group) is 1. The SMILES string of the molecule is CCOCCN(CC)C(=O)C(C)(N)C(F)(F)F. The summed E-state index contributed by atoms with van der Waals surface area (Å²) in [4.78, 5) is 12.7. The monoisotopic (exact) mass is 256 g/mol. The minimum absolute atomic E-state index is 0.103. The smallest absolute Gasteiger partial charge is 0.380 e. The van der Waals surface area contributed by atoms with Crippen molar-refractivity contribution in [3.05, 3.63) is 0 Å². The number of carbonyl (C=O) groups is 1. The molecule has 2 N–H and O–H groups in total. The normalized spacial score (nSPS) is 15.5. The van der Waals surface area contributed by atoms with Crippen LogP contribution >= 0.6 is 0 Å². The number of hydrogen-bond acceptors (Lipinski definition) is 3. The van der Waals surface area contributed by atoms with Crippen LogP contribution in [0.15, 0.2) is 0 Å². The molecule has 0 rings (SSSR count). The van der Waals surface area contributed by atoms with Crippen molar-refractivity contribution < 1.29 is 22.7 Å². The number of nitrogens with zero attached hydrogens (tertiary/aromatic N) is 1. The Labute approximate surface area is 98.9 Å². The molecule has 0 bridgehead atoms. The van der Waals surface area contributed by atoms with Gasteiger partial charge in [-0.1, -0.05) is 0 Å². The topological polar surface area (TPSA) is 55.6 Å². The lowest BCUT2D eigenvalue weighted by molar-refractivity contribution is -0.193. The van der Waals surface area contributed by atoms with Crippen molar-refractivity contribution in [2.75, 3.05) is 26.3 Å². The van der Waals surface area contributed by atoms with Crippen LogP contribution in [0, 0.1) is 0 Å². The maximum absolute atomic E-state index is 12.6. The molecule has 0 aliphatic heterocycles. The van der Waals surface area contributed by atoms with Gasteiger partial charge in [0.25, 0.3) is 5.91 Å². The predicted molar refractivity (Wildman–Crippen MR) is 57.4 cm³/mol. The van der Waals surface area contributed by atoms with E-state index in [0.29, 0.717) is 13.5 Å². The van der Waals surface area contributed by atoms with Gasteiger partial charge in [0, 0.05) is 19.7 Å². The molecule has 0 aromatic heterocycles. The van der Waals surface area contributed by atoms with Crippen molar-refractivity contribution >= 4 is 5.91 Å². The number of alkyl halides is 3. The molecule has 1 atom stereocenters. The van der Waals surface area contributed by atoms with Gasteiger partial charge in [0.1, 0.15) is 0 Å². The summed E-state index contributed by atoms with van der Waals surface area (Å²) in [5.41, 5.74) is 2.21. The summed E-state index contributed by atoms with van der Waals surface area (Å²) in [5.74, 6) is -1.13. The van der Waals surface area contributed by atoms with Crippen molar-refractivity contribution in [2.45, 2.75) is 32.5 Å². The largest absolute Gasteiger partial charge is 0.415 e. The third kappa shape index (κ3) is 4.16. The van der Waals surface area contributed by atoms with Crippen LogP contribution in [0.1, 0.15) is 20.8 Å². The molecular formula is C10H19F3N2O2. The average Bonchev–Trinajstić information content (AvgIpc) is 2.22. The summed E-state index contributed by atoms with van der Waals surface area (Å²) >= 11 is 0. The fraction of sp³-hybridized carbons (Fsp3) is 0.900. The molecule has 1 unspecified atom stereocenters. The zero-order chi connectivity index (χ0) is 13.7. The second-order valence-electron chi connectivity index (χ2n) is 3.78. The fourth-order valence-corrected chi connectivity index (χ4v) is 1.17. The molecule has 0 heterocycles. The third-order valence-electron chi connectivity index (χ3n) is 2.41. The van der Waals surface area contributed by atoms with E-state index in [9.17, 15) is 18.0 Å². The van der Waals surface area contributed by atoms with Crippen molar-refractivity contribution in [1.29, 1.82) is 0 Å². The number of rotatable bonds is 6. The lowest BCUT2D eigenvalue weighted by atomic mass is 10.0. The predicted octanol–water partition coefficient (Wildman–Crippen LogP) is 1.15. The second kappa shape index (κ2) is 6.20. The molecule has 4 nitrogen and oxygen atoms in total. The van der Waals surface area contributed by atoms with Crippen LogP contribution in [0.3, 0.4) is 0 Å². The second-order valence-corrected chi connectivity index (χ2v) is 3.78. The molecule has 7 heteroatoms. The van der Waals surface area contributed by atoms with Gasteiger partial charge in [0.15, 0.2) is 5.54 Å². The number of amides is 1. The lowest BCUT2D eigenvalue weighted by Crippen LogP contribution is -2.62. The zero-order valence-electron chi connectivity index (χ0n) is 10.3. The molecule has 102 valence electrons. The van der Waals surface area contributed by atoms with Crippen molar-refractivity contribution in [3.63, 3.8) is 0 Å². The van der Waals surface area contributed by atoms with E-state index >= 15 is 0 Å². The summed E-state index contributed by atoms with van der Waals surface area (Å²) in [6.07, 6.45) is -4.76. The summed E-state index contributed by atoms with van der Waals surface area (Å²) in [6.45, 7) is 4.95. The van der Waals surface area contributed by atoms with Crippen molar-refractivity contribution in [1.82, 2.24) is 4.90 Å². The van der Waals surface area contributed by atoms with Gasteiger partial charge in [-0.25, -0.2) is 0 Å². The van der Waals surface area contributed by atoms with Crippen LogP contribution in [0.4, 0.5) is 13.2 Å². The molecular weight excluding hydrogens is 237 g/mol. The number of nitrogens with two attached hydrogens (primary N) is 1. The van der Waals surface area contributed by atoms with Crippen molar-refractivity contribution in [2.24, 2.45) is 5.73 Å². The molecule has 0 aliphatic rings. The van der Waals surface area contributed by atoms with E-state index < -0.39 is 17.6 Å². The van der Waals surface area contributed by atoms with E-state index in [4.69, 9.17) is 10.5 Å². The Hall–Kier alpha value is -0.820. The molecule has 0 saturated heterocycles. The van der Waals surface area contributed by atoms with Crippen LogP contribution in [0.5, 0.6) is 0 Å². The van der Waals surface area contributed by atoms with Crippen LogP contribution in [0.2, 0.25) is 0 Å². The number of carbonyl (C=O) groups excluding carboxylic acids is 1. The highest BCUT2D eigenvalue weighted by Gasteiger charge is 2.55. The molecule has 1 amide bonds. The van der Waals surface area contributed by atoms with E-state index in [1.165, 1.54) is 0 Å². The van der Waals surface area contributed by atoms with Gasteiger partial charge in [-0.15, -0.1) is 0 Å². The quantitative estimate of drug-likeness (QED) is 0.725. The first kappa shape index (κ1) is 16.2. The van der Waals surface area contributed by atoms with Gasteiger partial charge >= 0.3 is 6.18 Å². The first-order valence-electron chi connectivity index (χ1n) is 5.41. The molecule has 17 heavy (non-hydrogen) atoms. The standard InChI is InChI=1S/C10H19F3N2O2/c1-4-15(6-7-17-5-2)8(16)9(3,14)10(11,12)13/h4-7,14H2,1-3H3. The number of ether oxygens (including phenoxy) is 1. The average molecular weight is 256 g/mol. The summed E-state index contributed by atoms with van der Waals surface area (Å²) in [5, 5.41) is 0. The highest BCUT2D eigenvalue weighted by Crippen LogP contribution is 2.29. The Bertz CT molecular complexity index is 254.